The van der Waals surface area contributed by atoms with Crippen molar-refractivity contribution in [3.05, 3.63) is 0 Å². The molecule has 0 heteroatoms. The minimum absolute atomic E-state index is 1.07. The molecule has 0 aromatic rings. The maximum atomic E-state index is 1.56. The molecule has 0 spiro atoms. The minimum Gasteiger partial charge on any atom is -0.0533 e. The molecule has 3 aliphatic carbocycles. The van der Waals surface area contributed by atoms with Crippen molar-refractivity contribution in [2.45, 2.75) is 745 Å². The lowest BCUT2D eigenvalue weighted by Crippen LogP contribution is -2.14. The van der Waals surface area contributed by atoms with Gasteiger partial charge in [-0.05, 0) is 11.8 Å². The van der Waals surface area contributed by atoms with Crippen LogP contribution in [0.2, 0.25) is 0 Å². The molecule has 0 aromatic carbocycles. The summed E-state index contributed by atoms with van der Waals surface area (Å²) in [5.74, 6) is 2.15. The SMILES string of the molecule is C1CCCCCCCCCCCCCCCCCCCCCCCCCCCCCCCCCCCCCCCCCCCCCCCCCCCCCCCCC2CCC(CCCCCCCCCCCCCCCCCCCCCCCCCCCCCCCCCCCCCCCCCCCCCCCCCCCCCCC1)CC2. The second kappa shape index (κ2) is 106. The van der Waals surface area contributed by atoms with Crippen molar-refractivity contribution >= 4 is 0 Å². The minimum atomic E-state index is 1.07. The Morgan fingerprint density at radius 3 is 0.136 bits per heavy atom. The monoisotopic (exact) mass is 1650 g/mol. The van der Waals surface area contributed by atoms with Crippen LogP contribution in [-0.2, 0) is 0 Å². The van der Waals surface area contributed by atoms with Crippen LogP contribution in [-0.4, -0.2) is 0 Å². The third-order valence-corrected chi connectivity index (χ3v) is 30.4. The first-order chi connectivity index (χ1) is 58.9. The van der Waals surface area contributed by atoms with E-state index in [-0.39, 0.29) is 0 Å². The topological polar surface area (TPSA) is 0 Å². The summed E-state index contributed by atoms with van der Waals surface area (Å²) in [6.45, 7) is 0. The summed E-state index contributed by atoms with van der Waals surface area (Å²) in [6.07, 6.45) is 175. The van der Waals surface area contributed by atoms with Crippen molar-refractivity contribution in [3.8, 4) is 0 Å². The van der Waals surface area contributed by atoms with Gasteiger partial charge in [-0.2, -0.15) is 0 Å². The normalized spacial score (nSPS) is 25.4. The smallest absolute Gasteiger partial charge is 0.0414 e. The van der Waals surface area contributed by atoms with Crippen LogP contribution in [0.15, 0.2) is 0 Å². The third-order valence-electron chi connectivity index (χ3n) is 30.4. The highest BCUT2D eigenvalue weighted by atomic mass is 14.3. The maximum Gasteiger partial charge on any atom is -0.0414 e. The van der Waals surface area contributed by atoms with Crippen molar-refractivity contribution < 1.29 is 0 Å². The van der Waals surface area contributed by atoms with Gasteiger partial charge in [0.25, 0.3) is 0 Å². The first kappa shape index (κ1) is 114. The van der Waals surface area contributed by atoms with Crippen molar-refractivity contribution in [2.75, 3.05) is 0 Å². The highest BCUT2D eigenvalue weighted by molar-refractivity contribution is 4.73. The first-order valence-electron chi connectivity index (χ1n) is 58.9. The average molecular weight is 1650 g/mol. The zero-order chi connectivity index (χ0) is 83.2. The van der Waals surface area contributed by atoms with E-state index in [1.165, 1.54) is 706 Å². The summed E-state index contributed by atoms with van der Waals surface area (Å²) in [5, 5.41) is 0. The van der Waals surface area contributed by atoms with Crippen molar-refractivity contribution in [3.63, 3.8) is 0 Å². The van der Waals surface area contributed by atoms with Crippen LogP contribution in [0.1, 0.15) is 745 Å². The van der Waals surface area contributed by atoms with E-state index in [0.29, 0.717) is 0 Å². The molecule has 0 aromatic heterocycles. The van der Waals surface area contributed by atoms with Gasteiger partial charge in [0, 0.05) is 0 Å². The van der Waals surface area contributed by atoms with Crippen LogP contribution in [0.4, 0.5) is 0 Å². The Balaban J connectivity index is 1.38. The first-order valence-corrected chi connectivity index (χ1v) is 58.9. The van der Waals surface area contributed by atoms with E-state index < -0.39 is 0 Å². The van der Waals surface area contributed by atoms with E-state index in [4.69, 9.17) is 0 Å². The maximum absolute atomic E-state index is 1.56. The highest BCUT2D eigenvalue weighted by Crippen LogP contribution is 2.35. The summed E-state index contributed by atoms with van der Waals surface area (Å²) < 4.78 is 0. The van der Waals surface area contributed by atoms with Gasteiger partial charge in [-0.1, -0.05) is 745 Å². The molecule has 0 unspecified atom stereocenters. The predicted molar refractivity (Wildman–Crippen MR) is 543 cm³/mol. The largest absolute Gasteiger partial charge is 0.0533 e. The molecule has 0 aliphatic heterocycles. The molecule has 118 heavy (non-hydrogen) atoms. The zero-order valence-corrected chi connectivity index (χ0v) is 83.2. The van der Waals surface area contributed by atoms with Crippen molar-refractivity contribution in [2.24, 2.45) is 11.8 Å². The van der Waals surface area contributed by atoms with Gasteiger partial charge in [0.2, 0.25) is 0 Å². The van der Waals surface area contributed by atoms with Gasteiger partial charge in [-0.25, -0.2) is 0 Å². The van der Waals surface area contributed by atoms with Gasteiger partial charge in [0.1, 0.15) is 0 Å². The third kappa shape index (κ3) is 98.2. The van der Waals surface area contributed by atoms with Crippen LogP contribution < -0.4 is 0 Å². The van der Waals surface area contributed by atoms with Gasteiger partial charge in [-0.15, -0.1) is 0 Å². The lowest BCUT2D eigenvalue weighted by Gasteiger charge is -2.28. The molecule has 0 nitrogen and oxygen atoms in total. The Morgan fingerprint density at radius 2 is 0.0847 bits per heavy atom. The molecule has 706 valence electrons. The molecule has 0 saturated heterocycles. The molecule has 0 radical (unpaired) electrons. The molecular formula is C118H234. The molecule has 3 saturated carbocycles. The molecule has 2 bridgehead atoms. The fourth-order valence-electron chi connectivity index (χ4n) is 21.8. The van der Waals surface area contributed by atoms with Gasteiger partial charge < -0.3 is 0 Å². The Hall–Kier alpha value is 0. The summed E-state index contributed by atoms with van der Waals surface area (Å²) in [6, 6.07) is 0. The second-order valence-electron chi connectivity index (χ2n) is 42.4. The molecule has 0 N–H and O–H groups in total. The van der Waals surface area contributed by atoms with Gasteiger partial charge in [0.05, 0.1) is 0 Å². The summed E-state index contributed by atoms with van der Waals surface area (Å²) in [5.41, 5.74) is 0. The van der Waals surface area contributed by atoms with Crippen LogP contribution in [0.5, 0.6) is 0 Å². The molecule has 3 aliphatic rings. The van der Waals surface area contributed by atoms with Crippen LogP contribution in [0, 0.1) is 11.8 Å². The standard InChI is InChI=1S/C118H234/c1-2-4-6-8-10-12-14-16-18-20-22-24-26-28-30-32-34-36-38-40-42-44-46-48-50-52-54-56-58-60-62-64-66-68-70-72-74-76-78-80-82-84-86-88-90-92-94-96-98-100-102-104-106-108-110-112-118-115-113-117(114-116-118)111-109-107-105-103-101-99-97-95-93-91-89-87-85-83-81-79-77-75-73-71-69-67-65-63-61-59-57-55-53-51-49-47-45-43-41-39-37-35-33-31-29-27-25-23-21-19-17-15-13-11-9-7-5-3-1/h117-118H,1-116H2. The number of fused-ring (bicyclic) bond motifs is 113. The van der Waals surface area contributed by atoms with E-state index in [9.17, 15) is 0 Å². The molecule has 3 fully saturated rings. The number of rotatable bonds is 0. The van der Waals surface area contributed by atoms with Gasteiger partial charge in [0.15, 0.2) is 0 Å². The van der Waals surface area contributed by atoms with Crippen LogP contribution >= 0.6 is 0 Å². The van der Waals surface area contributed by atoms with Gasteiger partial charge >= 0.3 is 0 Å². The Kier molecular flexibility index (Phi) is 102. The fourth-order valence-corrected chi connectivity index (χ4v) is 21.8. The van der Waals surface area contributed by atoms with Crippen molar-refractivity contribution in [1.29, 1.82) is 0 Å². The van der Waals surface area contributed by atoms with E-state index in [1.54, 1.807) is 38.5 Å². The summed E-state index contributed by atoms with van der Waals surface area (Å²) in [7, 11) is 0. The molecule has 0 heterocycles. The highest BCUT2D eigenvalue weighted by Gasteiger charge is 2.21. The van der Waals surface area contributed by atoms with E-state index in [2.05, 4.69) is 0 Å². The molecular weight excluding hydrogens is 1420 g/mol. The van der Waals surface area contributed by atoms with E-state index in [0.717, 1.165) is 11.8 Å². The van der Waals surface area contributed by atoms with Crippen molar-refractivity contribution in [1.82, 2.24) is 0 Å². The lowest BCUT2D eigenvalue weighted by atomic mass is 9.78. The fraction of sp³-hybridized carbons (Fsp3) is 1.00. The number of hydrogen-bond acceptors (Lipinski definition) is 0. The quantitative estimate of drug-likeness (QED) is 0.227. The number of hydrogen-bond donors (Lipinski definition) is 0. The Bertz CT molecular complexity index is 1520. The van der Waals surface area contributed by atoms with Crippen LogP contribution in [0.3, 0.4) is 0 Å². The Morgan fingerprint density at radius 1 is 0.0424 bits per heavy atom. The Labute approximate surface area is 751 Å². The van der Waals surface area contributed by atoms with E-state index in [1.807, 2.05) is 0 Å². The van der Waals surface area contributed by atoms with E-state index >= 15 is 0 Å². The summed E-state index contributed by atoms with van der Waals surface area (Å²) in [4.78, 5) is 0. The molecule has 0 amide bonds. The zero-order valence-electron chi connectivity index (χ0n) is 83.2. The predicted octanol–water partition coefficient (Wildman–Crippen LogP) is 45.5. The lowest BCUT2D eigenvalue weighted by molar-refractivity contribution is 0.244. The molecule has 0 atom stereocenters. The second-order valence-corrected chi connectivity index (χ2v) is 42.4. The summed E-state index contributed by atoms with van der Waals surface area (Å²) >= 11 is 0. The average Bonchev–Trinajstić information content (AvgIpc) is 0.913. The van der Waals surface area contributed by atoms with Crippen LogP contribution in [0.25, 0.3) is 0 Å². The molecule has 3 rings (SSSR count). The van der Waals surface area contributed by atoms with Gasteiger partial charge in [-0.3, -0.25) is 0 Å².